The largest absolute Gasteiger partial charge is 0.497 e. The van der Waals surface area contributed by atoms with E-state index < -0.39 is 5.91 Å². The lowest BCUT2D eigenvalue weighted by Crippen LogP contribution is -2.22. The number of hydrogen-bond acceptors (Lipinski definition) is 5. The highest BCUT2D eigenvalue weighted by atomic mass is 19.1. The Morgan fingerprint density at radius 1 is 1.03 bits per heavy atom. The summed E-state index contributed by atoms with van der Waals surface area (Å²) in [6.45, 7) is 1.79. The number of halogens is 1. The summed E-state index contributed by atoms with van der Waals surface area (Å²) in [4.78, 5) is 25.2. The SMILES string of the molecule is COc1ccc(C(=O)N/N=C2\CCCc3oc(C(=O)Nc4ccc(F)cc4)c(C)c32)cc1. The van der Waals surface area contributed by atoms with Gasteiger partial charge in [0, 0.05) is 28.8 Å². The molecule has 0 atom stereocenters. The molecule has 0 spiro atoms. The van der Waals surface area contributed by atoms with Gasteiger partial charge in [-0.1, -0.05) is 0 Å². The molecule has 8 heteroatoms. The number of carbonyl (C=O) groups is 2. The van der Waals surface area contributed by atoms with Crippen LogP contribution in [0.3, 0.4) is 0 Å². The van der Waals surface area contributed by atoms with Gasteiger partial charge in [-0.05, 0) is 68.3 Å². The predicted octanol–water partition coefficient (Wildman–Crippen LogP) is 4.46. The monoisotopic (exact) mass is 435 g/mol. The number of nitrogens with one attached hydrogen (secondary N) is 2. The number of carbonyl (C=O) groups excluding carboxylic acids is 2. The first-order chi connectivity index (χ1) is 15.5. The summed E-state index contributed by atoms with van der Waals surface area (Å²) in [7, 11) is 1.56. The Hall–Kier alpha value is -3.94. The lowest BCUT2D eigenvalue weighted by molar-refractivity contribution is 0.0953. The lowest BCUT2D eigenvalue weighted by Gasteiger charge is -2.13. The molecule has 3 aromatic rings. The maximum Gasteiger partial charge on any atom is 0.291 e. The zero-order valence-corrected chi connectivity index (χ0v) is 17.7. The summed E-state index contributed by atoms with van der Waals surface area (Å²) in [5, 5.41) is 7.04. The molecule has 7 nitrogen and oxygen atoms in total. The standard InChI is InChI=1S/C24H22FN3O4/c1-14-21-19(27-28-23(29)15-6-12-18(31-2)13-7-15)4-3-5-20(21)32-22(14)24(30)26-17-10-8-16(25)9-11-17/h6-13H,3-5H2,1-2H3,(H,26,30)(H,28,29)/b27-19+. The summed E-state index contributed by atoms with van der Waals surface area (Å²) in [6.07, 6.45) is 2.11. The zero-order chi connectivity index (χ0) is 22.7. The minimum atomic E-state index is -0.426. The topological polar surface area (TPSA) is 92.9 Å². The van der Waals surface area contributed by atoms with E-state index in [0.717, 1.165) is 12.0 Å². The normalized spacial score (nSPS) is 14.0. The highest BCUT2D eigenvalue weighted by molar-refractivity contribution is 6.09. The number of amides is 2. The van der Waals surface area contributed by atoms with E-state index in [1.54, 1.807) is 38.3 Å². The van der Waals surface area contributed by atoms with Crippen molar-refractivity contribution in [2.45, 2.75) is 26.2 Å². The molecule has 0 saturated carbocycles. The van der Waals surface area contributed by atoms with E-state index in [1.807, 2.05) is 0 Å². The van der Waals surface area contributed by atoms with Crippen molar-refractivity contribution in [3.63, 3.8) is 0 Å². The van der Waals surface area contributed by atoms with Gasteiger partial charge in [0.25, 0.3) is 11.8 Å². The van der Waals surface area contributed by atoms with Crippen LogP contribution < -0.4 is 15.5 Å². The quantitative estimate of drug-likeness (QED) is 0.579. The van der Waals surface area contributed by atoms with Crippen LogP contribution in [0.2, 0.25) is 0 Å². The van der Waals surface area contributed by atoms with Gasteiger partial charge in [0.05, 0.1) is 12.8 Å². The molecule has 0 aliphatic heterocycles. The van der Waals surface area contributed by atoms with Crippen LogP contribution in [0.15, 0.2) is 58.0 Å². The van der Waals surface area contributed by atoms with E-state index >= 15 is 0 Å². The number of furan rings is 1. The Kier molecular flexibility index (Phi) is 6.02. The van der Waals surface area contributed by atoms with Gasteiger partial charge in [0.15, 0.2) is 5.76 Å². The van der Waals surface area contributed by atoms with Gasteiger partial charge in [-0.25, -0.2) is 9.82 Å². The van der Waals surface area contributed by atoms with Gasteiger partial charge < -0.3 is 14.5 Å². The first kappa shape index (κ1) is 21.3. The Balaban J connectivity index is 1.53. The lowest BCUT2D eigenvalue weighted by atomic mass is 9.93. The fourth-order valence-corrected chi connectivity index (χ4v) is 3.64. The smallest absolute Gasteiger partial charge is 0.291 e. The second-order valence-electron chi connectivity index (χ2n) is 7.40. The summed E-state index contributed by atoms with van der Waals surface area (Å²) in [5.41, 5.74) is 5.56. The van der Waals surface area contributed by atoms with Crippen LogP contribution in [0.4, 0.5) is 10.1 Å². The third-order valence-electron chi connectivity index (χ3n) is 5.28. The van der Waals surface area contributed by atoms with E-state index in [2.05, 4.69) is 15.8 Å². The molecule has 1 aliphatic carbocycles. The number of benzene rings is 2. The molecule has 2 amide bonds. The summed E-state index contributed by atoms with van der Waals surface area (Å²) >= 11 is 0. The van der Waals surface area contributed by atoms with Crippen molar-refractivity contribution in [2.24, 2.45) is 5.10 Å². The molecule has 1 aliphatic rings. The van der Waals surface area contributed by atoms with Crippen LogP contribution >= 0.6 is 0 Å². The molecule has 164 valence electrons. The summed E-state index contributed by atoms with van der Waals surface area (Å²) in [5.74, 6) is 0.342. The Morgan fingerprint density at radius 2 is 1.75 bits per heavy atom. The Morgan fingerprint density at radius 3 is 2.44 bits per heavy atom. The van der Waals surface area contributed by atoms with Crippen molar-refractivity contribution >= 4 is 23.2 Å². The van der Waals surface area contributed by atoms with Crippen molar-refractivity contribution in [3.05, 3.63) is 82.6 Å². The molecule has 0 radical (unpaired) electrons. The Labute approximate surface area is 184 Å². The third kappa shape index (κ3) is 4.39. The molecule has 0 fully saturated rings. The van der Waals surface area contributed by atoms with Gasteiger partial charge in [-0.2, -0.15) is 5.10 Å². The van der Waals surface area contributed by atoms with E-state index in [4.69, 9.17) is 9.15 Å². The van der Waals surface area contributed by atoms with Crippen LogP contribution in [0.5, 0.6) is 5.75 Å². The summed E-state index contributed by atoms with van der Waals surface area (Å²) in [6, 6.07) is 12.2. The van der Waals surface area contributed by atoms with Gasteiger partial charge in [0.1, 0.15) is 17.3 Å². The van der Waals surface area contributed by atoms with E-state index in [1.165, 1.54) is 24.3 Å². The van der Waals surface area contributed by atoms with Crippen LogP contribution in [-0.4, -0.2) is 24.6 Å². The highest BCUT2D eigenvalue weighted by Crippen LogP contribution is 2.30. The molecule has 1 heterocycles. The second kappa shape index (κ2) is 9.05. The number of rotatable bonds is 5. The van der Waals surface area contributed by atoms with Crippen molar-refractivity contribution in [1.82, 2.24) is 5.43 Å². The molecule has 1 aromatic heterocycles. The Bertz CT molecular complexity index is 1180. The van der Waals surface area contributed by atoms with Gasteiger partial charge in [0.2, 0.25) is 0 Å². The zero-order valence-electron chi connectivity index (χ0n) is 17.7. The van der Waals surface area contributed by atoms with Gasteiger partial charge >= 0.3 is 0 Å². The molecule has 0 bridgehead atoms. The van der Waals surface area contributed by atoms with Crippen LogP contribution in [0.1, 0.15) is 50.6 Å². The highest BCUT2D eigenvalue weighted by Gasteiger charge is 2.28. The number of aryl methyl sites for hydroxylation is 1. The molecule has 0 unspecified atom stereocenters. The number of fused-ring (bicyclic) bond motifs is 1. The number of hydrogen-bond donors (Lipinski definition) is 2. The minimum absolute atomic E-state index is 0.176. The average Bonchev–Trinajstić information content (AvgIpc) is 3.16. The molecule has 0 saturated heterocycles. The van der Waals surface area contributed by atoms with Crippen LogP contribution in [0.25, 0.3) is 0 Å². The molecular weight excluding hydrogens is 413 g/mol. The van der Waals surface area contributed by atoms with Crippen LogP contribution in [0, 0.1) is 12.7 Å². The molecular formula is C24H22FN3O4. The number of anilines is 1. The molecule has 32 heavy (non-hydrogen) atoms. The average molecular weight is 435 g/mol. The first-order valence-electron chi connectivity index (χ1n) is 10.2. The fourth-order valence-electron chi connectivity index (χ4n) is 3.64. The van der Waals surface area contributed by atoms with E-state index in [9.17, 15) is 14.0 Å². The third-order valence-corrected chi connectivity index (χ3v) is 5.28. The second-order valence-corrected chi connectivity index (χ2v) is 7.40. The summed E-state index contributed by atoms with van der Waals surface area (Å²) < 4.78 is 24.1. The van der Waals surface area contributed by atoms with E-state index in [0.29, 0.717) is 46.9 Å². The maximum atomic E-state index is 13.1. The number of ether oxygens (including phenoxy) is 1. The molecule has 4 rings (SSSR count). The number of nitrogens with zero attached hydrogens (tertiary/aromatic N) is 1. The van der Waals surface area contributed by atoms with E-state index in [-0.39, 0.29) is 17.5 Å². The first-order valence-corrected chi connectivity index (χ1v) is 10.2. The maximum absolute atomic E-state index is 13.1. The van der Waals surface area contributed by atoms with Crippen molar-refractivity contribution in [3.8, 4) is 5.75 Å². The number of methoxy groups -OCH3 is 1. The van der Waals surface area contributed by atoms with Gasteiger partial charge in [-0.3, -0.25) is 9.59 Å². The molecule has 2 N–H and O–H groups in total. The van der Waals surface area contributed by atoms with Crippen LogP contribution in [-0.2, 0) is 6.42 Å². The van der Waals surface area contributed by atoms with Crippen molar-refractivity contribution in [2.75, 3.05) is 12.4 Å². The van der Waals surface area contributed by atoms with Gasteiger partial charge in [-0.15, -0.1) is 0 Å². The predicted molar refractivity (Wildman–Crippen MR) is 118 cm³/mol. The fraction of sp³-hybridized carbons (Fsp3) is 0.208. The van der Waals surface area contributed by atoms with Crippen molar-refractivity contribution in [1.29, 1.82) is 0 Å². The minimum Gasteiger partial charge on any atom is -0.497 e. The van der Waals surface area contributed by atoms with Crippen molar-refractivity contribution < 1.29 is 23.1 Å². The molecule has 2 aromatic carbocycles. The number of hydrazone groups is 1.